The van der Waals surface area contributed by atoms with Crippen molar-refractivity contribution < 1.29 is 0 Å². The van der Waals surface area contributed by atoms with Crippen LogP contribution in [0.3, 0.4) is 0 Å². The van der Waals surface area contributed by atoms with Crippen LogP contribution in [0.1, 0.15) is 5.56 Å². The Morgan fingerprint density at radius 2 is 2.31 bits per heavy atom. The molecule has 0 spiro atoms. The summed E-state index contributed by atoms with van der Waals surface area (Å²) in [6.07, 6.45) is 5.12. The highest BCUT2D eigenvalue weighted by Crippen LogP contribution is 2.13. The molecule has 0 fully saturated rings. The summed E-state index contributed by atoms with van der Waals surface area (Å²) >= 11 is 0. The van der Waals surface area contributed by atoms with Crippen molar-refractivity contribution in [3.05, 3.63) is 30.2 Å². The molecule has 5 nitrogen and oxygen atoms in total. The van der Waals surface area contributed by atoms with Crippen LogP contribution >= 0.6 is 0 Å². The molecule has 2 aromatic rings. The van der Waals surface area contributed by atoms with Crippen LogP contribution in [0.2, 0.25) is 0 Å². The van der Waals surface area contributed by atoms with Gasteiger partial charge in [-0.25, -0.2) is 0 Å². The Morgan fingerprint density at radius 3 is 3.00 bits per heavy atom. The second kappa shape index (κ2) is 3.32. The van der Waals surface area contributed by atoms with Crippen molar-refractivity contribution in [2.75, 3.05) is 0 Å². The third-order valence-electron chi connectivity index (χ3n) is 1.74. The van der Waals surface area contributed by atoms with Crippen LogP contribution < -0.4 is 5.73 Å². The zero-order chi connectivity index (χ0) is 9.10. The summed E-state index contributed by atoms with van der Waals surface area (Å²) in [5.41, 5.74) is 8.15. The second-order valence-electron chi connectivity index (χ2n) is 2.64. The Bertz CT molecular complexity index is 381. The minimum absolute atomic E-state index is 0.473. The SMILES string of the molecule is NCc1cnnc(-c2cn[nH]c2)c1. The lowest BCUT2D eigenvalue weighted by Gasteiger charge is -1.97. The van der Waals surface area contributed by atoms with E-state index in [1.165, 1.54) is 0 Å². The molecule has 0 aliphatic rings. The molecular formula is C8H9N5. The molecule has 3 N–H and O–H groups in total. The number of hydrogen-bond donors (Lipinski definition) is 2. The van der Waals surface area contributed by atoms with Gasteiger partial charge in [-0.05, 0) is 11.6 Å². The van der Waals surface area contributed by atoms with E-state index in [9.17, 15) is 0 Å². The molecule has 2 aromatic heterocycles. The van der Waals surface area contributed by atoms with Crippen molar-refractivity contribution in [3.8, 4) is 11.3 Å². The monoisotopic (exact) mass is 175 g/mol. The summed E-state index contributed by atoms with van der Waals surface area (Å²) in [7, 11) is 0. The van der Waals surface area contributed by atoms with E-state index in [0.29, 0.717) is 6.54 Å². The van der Waals surface area contributed by atoms with Gasteiger partial charge in [0.2, 0.25) is 0 Å². The van der Waals surface area contributed by atoms with Gasteiger partial charge in [0, 0.05) is 18.3 Å². The second-order valence-corrected chi connectivity index (χ2v) is 2.64. The quantitative estimate of drug-likeness (QED) is 0.689. The fourth-order valence-corrected chi connectivity index (χ4v) is 1.05. The minimum Gasteiger partial charge on any atom is -0.326 e. The van der Waals surface area contributed by atoms with E-state index >= 15 is 0 Å². The summed E-state index contributed by atoms with van der Waals surface area (Å²) in [6, 6.07) is 1.90. The minimum atomic E-state index is 0.473. The maximum atomic E-state index is 5.48. The molecule has 0 aliphatic heterocycles. The molecule has 0 aromatic carbocycles. The molecule has 0 saturated carbocycles. The first-order valence-corrected chi connectivity index (χ1v) is 3.91. The predicted molar refractivity (Wildman–Crippen MR) is 47.5 cm³/mol. The van der Waals surface area contributed by atoms with Gasteiger partial charge in [-0.15, -0.1) is 0 Å². The van der Waals surface area contributed by atoms with Crippen LogP contribution in [0.15, 0.2) is 24.7 Å². The van der Waals surface area contributed by atoms with Gasteiger partial charge >= 0.3 is 0 Å². The van der Waals surface area contributed by atoms with Gasteiger partial charge in [0.05, 0.1) is 18.1 Å². The Balaban J connectivity index is 2.41. The molecule has 0 amide bonds. The lowest BCUT2D eigenvalue weighted by Crippen LogP contribution is -1.98. The number of nitrogens with two attached hydrogens (primary N) is 1. The van der Waals surface area contributed by atoms with Crippen LogP contribution in [0.25, 0.3) is 11.3 Å². The van der Waals surface area contributed by atoms with E-state index in [-0.39, 0.29) is 0 Å². The normalized spacial score (nSPS) is 10.2. The summed E-state index contributed by atoms with van der Waals surface area (Å²) in [4.78, 5) is 0. The van der Waals surface area contributed by atoms with Crippen LogP contribution in [0, 0.1) is 0 Å². The van der Waals surface area contributed by atoms with E-state index in [4.69, 9.17) is 5.73 Å². The molecule has 13 heavy (non-hydrogen) atoms. The van der Waals surface area contributed by atoms with E-state index < -0.39 is 0 Å². The Hall–Kier alpha value is -1.75. The first kappa shape index (κ1) is 7.88. The highest BCUT2D eigenvalue weighted by molar-refractivity contribution is 5.56. The fraction of sp³-hybridized carbons (Fsp3) is 0.125. The number of aromatic amines is 1. The maximum Gasteiger partial charge on any atom is 0.0964 e. The highest BCUT2D eigenvalue weighted by Gasteiger charge is 2.01. The number of aromatic nitrogens is 4. The lowest BCUT2D eigenvalue weighted by atomic mass is 10.2. The largest absolute Gasteiger partial charge is 0.326 e. The number of nitrogens with one attached hydrogen (secondary N) is 1. The third-order valence-corrected chi connectivity index (χ3v) is 1.74. The van der Waals surface area contributed by atoms with Crippen LogP contribution in [0.4, 0.5) is 0 Å². The first-order valence-electron chi connectivity index (χ1n) is 3.91. The zero-order valence-electron chi connectivity index (χ0n) is 6.94. The van der Waals surface area contributed by atoms with Crippen molar-refractivity contribution in [2.24, 2.45) is 5.73 Å². The van der Waals surface area contributed by atoms with Crippen molar-refractivity contribution in [2.45, 2.75) is 6.54 Å². The Morgan fingerprint density at radius 1 is 1.38 bits per heavy atom. The molecule has 2 heterocycles. The summed E-state index contributed by atoms with van der Waals surface area (Å²) in [5, 5.41) is 14.4. The van der Waals surface area contributed by atoms with Gasteiger partial charge in [-0.2, -0.15) is 15.3 Å². The highest BCUT2D eigenvalue weighted by atomic mass is 15.1. The van der Waals surface area contributed by atoms with Gasteiger partial charge < -0.3 is 5.73 Å². The van der Waals surface area contributed by atoms with Gasteiger partial charge in [0.1, 0.15) is 0 Å². The smallest absolute Gasteiger partial charge is 0.0964 e. The molecule has 5 heteroatoms. The standard InChI is InChI=1S/C8H9N5/c9-2-6-1-8(13-12-3-6)7-4-10-11-5-7/h1,3-5H,2,9H2,(H,10,11). The Labute approximate surface area is 75.0 Å². The molecule has 0 bridgehead atoms. The molecule has 0 aliphatic carbocycles. The number of H-pyrrole nitrogens is 1. The number of rotatable bonds is 2. The molecule has 0 radical (unpaired) electrons. The molecule has 2 rings (SSSR count). The molecular weight excluding hydrogens is 166 g/mol. The molecule has 66 valence electrons. The van der Waals surface area contributed by atoms with Crippen LogP contribution in [0.5, 0.6) is 0 Å². The van der Waals surface area contributed by atoms with Gasteiger partial charge in [0.25, 0.3) is 0 Å². The Kier molecular flexibility index (Phi) is 2.01. The van der Waals surface area contributed by atoms with Crippen molar-refractivity contribution in [1.82, 2.24) is 20.4 Å². The summed E-state index contributed by atoms with van der Waals surface area (Å²) in [6.45, 7) is 0.473. The van der Waals surface area contributed by atoms with E-state index in [0.717, 1.165) is 16.8 Å². The molecule has 0 atom stereocenters. The van der Waals surface area contributed by atoms with E-state index in [1.807, 2.05) is 6.07 Å². The average Bonchev–Trinajstić information content (AvgIpc) is 2.71. The van der Waals surface area contributed by atoms with Crippen LogP contribution in [-0.2, 0) is 6.54 Å². The third kappa shape index (κ3) is 1.54. The molecule has 0 unspecified atom stereocenters. The van der Waals surface area contributed by atoms with Gasteiger partial charge in [-0.1, -0.05) is 0 Å². The van der Waals surface area contributed by atoms with Gasteiger partial charge in [-0.3, -0.25) is 5.10 Å². The zero-order valence-corrected chi connectivity index (χ0v) is 6.94. The van der Waals surface area contributed by atoms with E-state index in [2.05, 4.69) is 20.4 Å². The van der Waals surface area contributed by atoms with Gasteiger partial charge in [0.15, 0.2) is 0 Å². The van der Waals surface area contributed by atoms with Crippen molar-refractivity contribution in [1.29, 1.82) is 0 Å². The summed E-state index contributed by atoms with van der Waals surface area (Å²) in [5.74, 6) is 0. The number of hydrogen-bond acceptors (Lipinski definition) is 4. The average molecular weight is 175 g/mol. The maximum absolute atomic E-state index is 5.48. The predicted octanol–water partition coefficient (Wildman–Crippen LogP) is 0.325. The van der Waals surface area contributed by atoms with Crippen molar-refractivity contribution in [3.63, 3.8) is 0 Å². The van der Waals surface area contributed by atoms with Crippen molar-refractivity contribution >= 4 is 0 Å². The topological polar surface area (TPSA) is 80.5 Å². The fourth-order valence-electron chi connectivity index (χ4n) is 1.05. The summed E-state index contributed by atoms with van der Waals surface area (Å²) < 4.78 is 0. The van der Waals surface area contributed by atoms with Crippen LogP contribution in [-0.4, -0.2) is 20.4 Å². The molecule has 0 saturated heterocycles. The first-order chi connectivity index (χ1) is 6.40. The van der Waals surface area contributed by atoms with E-state index in [1.54, 1.807) is 18.6 Å². The number of nitrogens with zero attached hydrogens (tertiary/aromatic N) is 3. The lowest BCUT2D eigenvalue weighted by molar-refractivity contribution is 0.971.